The predicted molar refractivity (Wildman–Crippen MR) is 106 cm³/mol. The fourth-order valence-corrected chi connectivity index (χ4v) is 3.97. The lowest BCUT2D eigenvalue weighted by Gasteiger charge is -2.08. The largest absolute Gasteiger partial charge is 0.467 e. The van der Waals surface area contributed by atoms with Gasteiger partial charge in [0.1, 0.15) is 11.6 Å². The van der Waals surface area contributed by atoms with E-state index in [1.165, 1.54) is 23.0 Å². The number of carbonyl (C=O) groups is 1. The molecule has 0 aliphatic carbocycles. The van der Waals surface area contributed by atoms with Crippen molar-refractivity contribution in [1.82, 2.24) is 9.88 Å². The van der Waals surface area contributed by atoms with Gasteiger partial charge in [-0.05, 0) is 42.5 Å². The summed E-state index contributed by atoms with van der Waals surface area (Å²) in [6, 6.07) is 12.9. The van der Waals surface area contributed by atoms with Crippen molar-refractivity contribution in [2.75, 3.05) is 0 Å². The lowest BCUT2D eigenvalue weighted by atomic mass is 10.1. The Morgan fingerprint density at radius 3 is 2.82 bits per heavy atom. The Balaban J connectivity index is 1.66. The zero-order valence-corrected chi connectivity index (χ0v) is 16.0. The van der Waals surface area contributed by atoms with Crippen LogP contribution in [-0.4, -0.2) is 10.5 Å². The molecule has 142 valence electrons. The fourth-order valence-electron chi connectivity index (χ4n) is 2.88. The molecular weight excluding hydrogens is 403 g/mol. The van der Waals surface area contributed by atoms with Crippen LogP contribution in [0.5, 0.6) is 0 Å². The summed E-state index contributed by atoms with van der Waals surface area (Å²) >= 11 is 7.13. The van der Waals surface area contributed by atoms with Crippen LogP contribution in [0.2, 0.25) is 5.02 Å². The molecule has 5 nitrogen and oxygen atoms in total. The van der Waals surface area contributed by atoms with Crippen molar-refractivity contribution in [2.24, 2.45) is 0 Å². The van der Waals surface area contributed by atoms with Crippen molar-refractivity contribution < 1.29 is 13.6 Å². The van der Waals surface area contributed by atoms with E-state index in [0.29, 0.717) is 21.5 Å². The van der Waals surface area contributed by atoms with Gasteiger partial charge in [-0.25, -0.2) is 4.39 Å². The zero-order valence-electron chi connectivity index (χ0n) is 14.4. The van der Waals surface area contributed by atoms with Crippen LogP contribution in [0.4, 0.5) is 4.39 Å². The van der Waals surface area contributed by atoms with Gasteiger partial charge in [0.25, 0.3) is 5.91 Å². The van der Waals surface area contributed by atoms with Crippen LogP contribution >= 0.6 is 22.9 Å². The minimum absolute atomic E-state index is 0.0121. The summed E-state index contributed by atoms with van der Waals surface area (Å²) in [5, 5.41) is 3.01. The van der Waals surface area contributed by atoms with Crippen LogP contribution in [0.15, 0.2) is 64.0 Å². The summed E-state index contributed by atoms with van der Waals surface area (Å²) in [5.41, 5.74) is 1.18. The van der Waals surface area contributed by atoms with Crippen LogP contribution < -0.4 is 10.2 Å². The van der Waals surface area contributed by atoms with Gasteiger partial charge in [-0.3, -0.25) is 14.2 Å². The molecule has 1 amide bonds. The second-order valence-electron chi connectivity index (χ2n) is 6.10. The maximum Gasteiger partial charge on any atom is 0.308 e. The fraction of sp³-hybridized carbons (Fsp3) is 0.100. The number of fused-ring (bicyclic) bond motifs is 1. The lowest BCUT2D eigenvalue weighted by molar-refractivity contribution is 0.0948. The van der Waals surface area contributed by atoms with Crippen molar-refractivity contribution in [3.8, 4) is 0 Å². The van der Waals surface area contributed by atoms with E-state index in [-0.39, 0.29) is 34.5 Å². The van der Waals surface area contributed by atoms with Crippen LogP contribution in [0.3, 0.4) is 0 Å². The Hall–Kier alpha value is -2.90. The molecule has 0 radical (unpaired) electrons. The highest BCUT2D eigenvalue weighted by atomic mass is 35.5. The summed E-state index contributed by atoms with van der Waals surface area (Å²) in [6.07, 6.45) is 1.53. The first kappa shape index (κ1) is 18.5. The van der Waals surface area contributed by atoms with Gasteiger partial charge in [-0.15, -0.1) is 0 Å². The van der Waals surface area contributed by atoms with E-state index in [1.54, 1.807) is 36.4 Å². The average molecular weight is 417 g/mol. The summed E-state index contributed by atoms with van der Waals surface area (Å²) < 4.78 is 21.5. The maximum atomic E-state index is 14.1. The quantitative estimate of drug-likeness (QED) is 0.523. The van der Waals surface area contributed by atoms with Crippen LogP contribution in [-0.2, 0) is 13.1 Å². The standard InChI is InChI=1S/C20H14ClFN2O3S/c21-15-4-1-5-16(22)14(15)11-24-17-9-12(6-7-18(17)28-20(24)26)19(25)23-10-13-3-2-8-27-13/h1-9H,10-11H2,(H,23,25). The first-order valence-electron chi connectivity index (χ1n) is 8.40. The van der Waals surface area contributed by atoms with Gasteiger partial charge in [-0.1, -0.05) is 29.0 Å². The van der Waals surface area contributed by atoms with Gasteiger partial charge in [-0.2, -0.15) is 0 Å². The van der Waals surface area contributed by atoms with Crippen molar-refractivity contribution in [3.63, 3.8) is 0 Å². The molecule has 0 saturated heterocycles. The van der Waals surface area contributed by atoms with E-state index >= 15 is 0 Å². The number of hydrogen-bond acceptors (Lipinski definition) is 4. The highest BCUT2D eigenvalue weighted by Crippen LogP contribution is 2.24. The molecule has 0 fully saturated rings. The third-order valence-electron chi connectivity index (χ3n) is 4.31. The first-order chi connectivity index (χ1) is 13.5. The Morgan fingerprint density at radius 1 is 1.21 bits per heavy atom. The first-order valence-corrected chi connectivity index (χ1v) is 9.59. The Morgan fingerprint density at radius 2 is 2.07 bits per heavy atom. The second-order valence-corrected chi connectivity index (χ2v) is 7.50. The van der Waals surface area contributed by atoms with Crippen molar-refractivity contribution in [3.05, 3.63) is 92.2 Å². The molecule has 8 heteroatoms. The van der Waals surface area contributed by atoms with Gasteiger partial charge >= 0.3 is 4.87 Å². The van der Waals surface area contributed by atoms with E-state index in [1.807, 2.05) is 0 Å². The predicted octanol–water partition coefficient (Wildman–Crippen LogP) is 4.43. The minimum atomic E-state index is -0.480. The molecule has 2 heterocycles. The van der Waals surface area contributed by atoms with Crippen molar-refractivity contribution in [2.45, 2.75) is 13.1 Å². The minimum Gasteiger partial charge on any atom is -0.467 e. The van der Waals surface area contributed by atoms with Gasteiger partial charge < -0.3 is 9.73 Å². The number of furan rings is 1. The van der Waals surface area contributed by atoms with Gasteiger partial charge in [0, 0.05) is 16.1 Å². The normalized spacial score (nSPS) is 11.1. The summed E-state index contributed by atoms with van der Waals surface area (Å²) in [6.45, 7) is 0.243. The molecule has 1 N–H and O–H groups in total. The van der Waals surface area contributed by atoms with E-state index in [0.717, 1.165) is 11.3 Å². The van der Waals surface area contributed by atoms with E-state index < -0.39 is 5.82 Å². The molecule has 0 bridgehead atoms. The highest BCUT2D eigenvalue weighted by Gasteiger charge is 2.15. The third-order valence-corrected chi connectivity index (χ3v) is 5.63. The molecule has 0 atom stereocenters. The lowest BCUT2D eigenvalue weighted by Crippen LogP contribution is -2.22. The van der Waals surface area contributed by atoms with Gasteiger partial charge in [0.2, 0.25) is 0 Å². The number of thiazole rings is 1. The SMILES string of the molecule is O=C(NCc1ccco1)c1ccc2sc(=O)n(Cc3c(F)cccc3Cl)c2c1. The molecular formula is C20H14ClFN2O3S. The molecule has 0 aliphatic heterocycles. The van der Waals surface area contributed by atoms with E-state index in [2.05, 4.69) is 5.32 Å². The topological polar surface area (TPSA) is 64.2 Å². The molecule has 2 aromatic carbocycles. The summed E-state index contributed by atoms with van der Waals surface area (Å²) in [7, 11) is 0. The number of hydrogen-bond donors (Lipinski definition) is 1. The number of nitrogens with zero attached hydrogens (tertiary/aromatic N) is 1. The third kappa shape index (κ3) is 3.58. The van der Waals surface area contributed by atoms with Gasteiger partial charge in [0.05, 0.1) is 29.6 Å². The van der Waals surface area contributed by atoms with Crippen LogP contribution in [0, 0.1) is 5.82 Å². The number of carbonyl (C=O) groups excluding carboxylic acids is 1. The monoisotopic (exact) mass is 416 g/mol. The number of halogens is 2. The molecule has 0 aliphatic rings. The molecule has 2 aromatic heterocycles. The van der Waals surface area contributed by atoms with Crippen LogP contribution in [0.1, 0.15) is 21.7 Å². The van der Waals surface area contributed by atoms with Gasteiger partial charge in [0.15, 0.2) is 0 Å². The second kappa shape index (κ2) is 7.61. The van der Waals surface area contributed by atoms with E-state index in [9.17, 15) is 14.0 Å². The number of nitrogens with one attached hydrogen (secondary N) is 1. The van der Waals surface area contributed by atoms with Crippen LogP contribution in [0.25, 0.3) is 10.2 Å². The molecule has 4 aromatic rings. The van der Waals surface area contributed by atoms with Crippen molar-refractivity contribution in [1.29, 1.82) is 0 Å². The maximum absolute atomic E-state index is 14.1. The summed E-state index contributed by atoms with van der Waals surface area (Å²) in [4.78, 5) is 24.6. The number of aromatic nitrogens is 1. The smallest absolute Gasteiger partial charge is 0.308 e. The Labute approximate surface area is 168 Å². The number of rotatable bonds is 5. The molecule has 4 rings (SSSR count). The molecule has 28 heavy (non-hydrogen) atoms. The number of benzene rings is 2. The summed E-state index contributed by atoms with van der Waals surface area (Å²) in [5.74, 6) is -0.144. The molecule has 0 unspecified atom stereocenters. The average Bonchev–Trinajstić information content (AvgIpc) is 3.30. The zero-order chi connectivity index (χ0) is 19.7. The molecule has 0 saturated carbocycles. The highest BCUT2D eigenvalue weighted by molar-refractivity contribution is 7.16. The number of amides is 1. The van der Waals surface area contributed by atoms with E-state index in [4.69, 9.17) is 16.0 Å². The Bertz CT molecular complexity index is 1190. The Kier molecular flexibility index (Phi) is 5.02. The van der Waals surface area contributed by atoms with Crippen molar-refractivity contribution >= 4 is 39.1 Å². The molecule has 0 spiro atoms.